The standard InChI is InChI=1S/C29H25FN4O2.3C2HF3O2/c1-3-20-24(30)7-4-16-10-19(35)11-22(25(16)20)27-28-26-21(8-9-36-28)15(2)32-29(23(26)12-31-27)34-13-17-5-6-18(14-34)33-17;3*3-2(4,5)1(6)7/h1,4,7,10-12,17-18,33,35H,5-6,8-9,13-14H2,2H3;3*(H,6,7)/t17-,18+;;;. The number of nitrogens with one attached hydrogen (secondary N) is 1. The number of fused-ring (bicyclic) bond motifs is 3. The van der Waals surface area contributed by atoms with Crippen molar-refractivity contribution in [2.75, 3.05) is 24.6 Å². The lowest BCUT2D eigenvalue weighted by Gasteiger charge is -2.35. The molecule has 2 bridgehead atoms. The molecule has 2 saturated heterocycles. The van der Waals surface area contributed by atoms with Crippen LogP contribution < -0.4 is 15.0 Å². The Hall–Kier alpha value is -6.11. The number of piperazine rings is 1. The second kappa shape index (κ2) is 16.5. The minimum Gasteiger partial charge on any atom is -0.508 e. The smallest absolute Gasteiger partial charge is 0.490 e. The van der Waals surface area contributed by atoms with E-state index in [0.717, 1.165) is 47.4 Å². The van der Waals surface area contributed by atoms with Crippen LogP contribution in [0.1, 0.15) is 29.7 Å². The first-order valence-corrected chi connectivity index (χ1v) is 16.1. The second-order valence-corrected chi connectivity index (χ2v) is 12.4. The second-order valence-electron chi connectivity index (χ2n) is 12.4. The summed E-state index contributed by atoms with van der Waals surface area (Å²) in [5.74, 6) is -4.63. The molecule has 12 nitrogen and oxygen atoms in total. The van der Waals surface area contributed by atoms with Crippen molar-refractivity contribution >= 4 is 45.3 Å². The Balaban J connectivity index is 0.000000283. The van der Waals surface area contributed by atoms with Crippen LogP contribution in [0.15, 0.2) is 30.5 Å². The van der Waals surface area contributed by atoms with Crippen LogP contribution in [-0.4, -0.2) is 98.6 Å². The predicted octanol–water partition coefficient (Wildman–Crippen LogP) is 6.36. The summed E-state index contributed by atoms with van der Waals surface area (Å²) in [6, 6.07) is 7.09. The maximum absolute atomic E-state index is 14.7. The van der Waals surface area contributed by atoms with E-state index in [2.05, 4.69) is 23.1 Å². The molecule has 2 fully saturated rings. The van der Waals surface area contributed by atoms with E-state index in [1.165, 1.54) is 18.9 Å². The van der Waals surface area contributed by atoms with Crippen molar-refractivity contribution in [2.45, 2.75) is 56.8 Å². The lowest BCUT2D eigenvalue weighted by atomic mass is 9.93. The number of aliphatic carboxylic acids is 3. The minimum absolute atomic E-state index is 0.0556. The molecule has 5 heterocycles. The van der Waals surface area contributed by atoms with E-state index in [1.54, 1.807) is 18.2 Å². The normalized spacial score (nSPS) is 17.1. The Bertz CT molecular complexity index is 2190. The highest BCUT2D eigenvalue weighted by Crippen LogP contribution is 2.46. The first-order chi connectivity index (χ1) is 26.3. The zero-order chi connectivity index (χ0) is 42.8. The summed E-state index contributed by atoms with van der Waals surface area (Å²) in [5, 5.41) is 38.7. The average Bonchev–Trinajstić information content (AvgIpc) is 3.45. The third-order valence-electron chi connectivity index (χ3n) is 8.58. The van der Waals surface area contributed by atoms with Gasteiger partial charge in [0.1, 0.15) is 23.1 Å². The van der Waals surface area contributed by atoms with Crippen LogP contribution in [0.25, 0.3) is 32.8 Å². The van der Waals surface area contributed by atoms with Crippen LogP contribution in [0.2, 0.25) is 0 Å². The number of alkyl halides is 9. The van der Waals surface area contributed by atoms with Gasteiger partial charge in [-0.05, 0) is 48.9 Å². The fourth-order valence-electron chi connectivity index (χ4n) is 6.29. The molecule has 2 atom stereocenters. The number of nitrogens with zero attached hydrogens (tertiary/aromatic N) is 3. The first-order valence-electron chi connectivity index (χ1n) is 16.1. The minimum atomic E-state index is -5.08. The van der Waals surface area contributed by atoms with Gasteiger partial charge in [0.2, 0.25) is 0 Å². The van der Waals surface area contributed by atoms with Gasteiger partial charge in [0, 0.05) is 65.2 Å². The van der Waals surface area contributed by atoms with Crippen LogP contribution in [0.5, 0.6) is 11.5 Å². The number of phenols is 1. The number of hydrogen-bond acceptors (Lipinski definition) is 9. The van der Waals surface area contributed by atoms with Gasteiger partial charge in [0.15, 0.2) is 5.75 Å². The molecule has 5 N–H and O–H groups in total. The SMILES string of the molecule is C#Cc1c(F)ccc2cc(O)cc(-c3ncc4c(N5C[C@H]6CC[C@@H](C5)N6)nc(C)c5c4c3OCC5)c12.O=C(O)C(F)(F)F.O=C(O)C(F)(F)F.O=C(O)C(F)(F)F. The third-order valence-corrected chi connectivity index (χ3v) is 8.58. The van der Waals surface area contributed by atoms with Gasteiger partial charge in [-0.15, -0.1) is 6.42 Å². The monoisotopic (exact) mass is 822 g/mol. The molecule has 0 unspecified atom stereocenters. The van der Waals surface area contributed by atoms with Crippen molar-refractivity contribution < 1.29 is 83.5 Å². The van der Waals surface area contributed by atoms with Gasteiger partial charge in [-0.25, -0.2) is 23.8 Å². The Kier molecular flexibility index (Phi) is 12.7. The fourth-order valence-corrected chi connectivity index (χ4v) is 6.29. The number of carboxylic acid groups (broad SMARTS) is 3. The van der Waals surface area contributed by atoms with Gasteiger partial charge in [-0.1, -0.05) is 12.0 Å². The van der Waals surface area contributed by atoms with E-state index in [-0.39, 0.29) is 11.3 Å². The number of carboxylic acids is 3. The summed E-state index contributed by atoms with van der Waals surface area (Å²) in [7, 11) is 0. The maximum Gasteiger partial charge on any atom is 0.490 e. The number of terminal acetylenes is 1. The lowest BCUT2D eigenvalue weighted by Crippen LogP contribution is -2.51. The molecule has 0 aliphatic carbocycles. The summed E-state index contributed by atoms with van der Waals surface area (Å²) in [6.07, 6.45) is -4.55. The van der Waals surface area contributed by atoms with Crippen molar-refractivity contribution in [2.24, 2.45) is 0 Å². The average molecular weight is 823 g/mol. The molecule has 2 aromatic carbocycles. The Morgan fingerprint density at radius 2 is 1.42 bits per heavy atom. The van der Waals surface area contributed by atoms with Gasteiger partial charge in [-0.2, -0.15) is 39.5 Å². The number of halogens is 10. The van der Waals surface area contributed by atoms with Crippen molar-refractivity contribution in [3.8, 4) is 35.1 Å². The topological polar surface area (TPSA) is 182 Å². The Labute approximate surface area is 313 Å². The number of aromatic hydroxyl groups is 1. The zero-order valence-corrected chi connectivity index (χ0v) is 28.9. The van der Waals surface area contributed by atoms with Crippen LogP contribution in [0.3, 0.4) is 0 Å². The molecule has 4 aromatic rings. The maximum atomic E-state index is 14.7. The number of ether oxygens (including phenoxy) is 1. The van der Waals surface area contributed by atoms with Gasteiger partial charge in [-0.3, -0.25) is 4.98 Å². The number of carbonyl (C=O) groups is 3. The summed E-state index contributed by atoms with van der Waals surface area (Å²) in [6.45, 7) is 4.38. The quantitative estimate of drug-likeness (QED) is 0.112. The molecule has 2 aromatic heterocycles. The summed E-state index contributed by atoms with van der Waals surface area (Å²) in [5.41, 5.74) is 3.38. The number of anilines is 1. The van der Waals surface area contributed by atoms with E-state index >= 15 is 0 Å². The highest BCUT2D eigenvalue weighted by Gasteiger charge is 2.40. The zero-order valence-electron chi connectivity index (χ0n) is 28.9. The fraction of sp³-hybridized carbons (Fsp3) is 0.343. The molecule has 0 spiro atoms. The van der Waals surface area contributed by atoms with Gasteiger partial charge < -0.3 is 35.4 Å². The largest absolute Gasteiger partial charge is 0.508 e. The molecule has 0 saturated carbocycles. The molecule has 0 radical (unpaired) electrons. The molecule has 7 rings (SSSR count). The molecule has 22 heteroatoms. The number of aromatic nitrogens is 2. The summed E-state index contributed by atoms with van der Waals surface area (Å²) < 4.78 is 116. The molecular formula is C35H28F10N4O8. The molecule has 3 aliphatic rings. The third kappa shape index (κ3) is 10.0. The van der Waals surface area contributed by atoms with E-state index in [1.807, 2.05) is 6.20 Å². The molecule has 0 amide bonds. The number of hydrogen-bond donors (Lipinski definition) is 5. The molecular weight excluding hydrogens is 794 g/mol. The van der Waals surface area contributed by atoms with Gasteiger partial charge >= 0.3 is 36.4 Å². The van der Waals surface area contributed by atoms with Crippen molar-refractivity contribution in [3.63, 3.8) is 0 Å². The number of pyridine rings is 2. The van der Waals surface area contributed by atoms with Crippen LogP contribution >= 0.6 is 0 Å². The van der Waals surface area contributed by atoms with Gasteiger partial charge in [0.05, 0.1) is 12.2 Å². The predicted molar refractivity (Wildman–Crippen MR) is 179 cm³/mol. The lowest BCUT2D eigenvalue weighted by molar-refractivity contribution is -0.193. The number of aryl methyl sites for hydroxylation is 1. The number of phenolic OH excluding ortho intramolecular Hbond substituents is 1. The summed E-state index contributed by atoms with van der Waals surface area (Å²) >= 11 is 0. The summed E-state index contributed by atoms with van der Waals surface area (Å²) in [4.78, 5) is 39.0. The van der Waals surface area contributed by atoms with Crippen molar-refractivity contribution in [1.29, 1.82) is 0 Å². The molecule has 306 valence electrons. The highest BCUT2D eigenvalue weighted by molar-refractivity contribution is 6.07. The van der Waals surface area contributed by atoms with Crippen LogP contribution in [-0.2, 0) is 20.8 Å². The highest BCUT2D eigenvalue weighted by atomic mass is 19.4. The number of benzene rings is 2. The van der Waals surface area contributed by atoms with E-state index in [9.17, 15) is 49.0 Å². The van der Waals surface area contributed by atoms with E-state index < -0.39 is 42.3 Å². The van der Waals surface area contributed by atoms with Crippen LogP contribution in [0.4, 0.5) is 49.7 Å². The Morgan fingerprint density at radius 1 is 0.895 bits per heavy atom. The molecule has 3 aliphatic heterocycles. The van der Waals surface area contributed by atoms with Crippen LogP contribution in [0, 0.1) is 25.1 Å². The van der Waals surface area contributed by atoms with Gasteiger partial charge in [0.25, 0.3) is 0 Å². The van der Waals surface area contributed by atoms with E-state index in [4.69, 9.17) is 50.8 Å². The number of rotatable bonds is 2. The van der Waals surface area contributed by atoms with Crippen molar-refractivity contribution in [1.82, 2.24) is 15.3 Å². The first kappa shape index (κ1) is 43.6. The Morgan fingerprint density at radius 3 is 1.91 bits per heavy atom. The molecule has 57 heavy (non-hydrogen) atoms. The van der Waals surface area contributed by atoms with Crippen molar-refractivity contribution in [3.05, 3.63) is 53.1 Å². The van der Waals surface area contributed by atoms with E-state index in [0.29, 0.717) is 46.5 Å².